The van der Waals surface area contributed by atoms with Gasteiger partial charge >= 0.3 is 0 Å². The van der Waals surface area contributed by atoms with Crippen molar-refractivity contribution in [2.45, 2.75) is 55.6 Å². The Morgan fingerprint density at radius 3 is 2.71 bits per heavy atom. The highest BCUT2D eigenvalue weighted by Gasteiger charge is 2.38. The Morgan fingerprint density at radius 1 is 1.19 bits per heavy atom. The zero-order chi connectivity index (χ0) is 15.0. The second-order valence-electron chi connectivity index (χ2n) is 6.78. The van der Waals surface area contributed by atoms with Crippen molar-refractivity contribution in [1.82, 2.24) is 0 Å². The van der Waals surface area contributed by atoms with Gasteiger partial charge in [0.2, 0.25) is 0 Å². The Morgan fingerprint density at radius 2 is 1.95 bits per heavy atom. The van der Waals surface area contributed by atoms with Gasteiger partial charge in [0, 0.05) is 0 Å². The zero-order valence-electron chi connectivity index (χ0n) is 12.7. The third-order valence-corrected chi connectivity index (χ3v) is 7.58. The summed E-state index contributed by atoms with van der Waals surface area (Å²) in [6, 6.07) is 5.75. The summed E-state index contributed by atoms with van der Waals surface area (Å²) in [5.41, 5.74) is 8.39. The molecule has 3 nitrogen and oxygen atoms in total. The lowest BCUT2D eigenvalue weighted by atomic mass is 9.82. The first kappa shape index (κ1) is 15.0. The van der Waals surface area contributed by atoms with Crippen LogP contribution in [0.3, 0.4) is 0 Å². The van der Waals surface area contributed by atoms with Crippen LogP contribution in [-0.2, 0) is 22.7 Å². The fraction of sp³-hybridized carbons (Fsp3) is 0.647. The number of benzene rings is 1. The van der Waals surface area contributed by atoms with Crippen molar-refractivity contribution in [3.63, 3.8) is 0 Å². The van der Waals surface area contributed by atoms with Crippen LogP contribution in [0.5, 0.6) is 0 Å². The van der Waals surface area contributed by atoms with Crippen molar-refractivity contribution in [2.24, 2.45) is 17.6 Å². The number of fused-ring (bicyclic) bond motifs is 1. The Labute approximate surface area is 127 Å². The van der Waals surface area contributed by atoms with Gasteiger partial charge in [0.25, 0.3) is 0 Å². The lowest BCUT2D eigenvalue weighted by molar-refractivity contribution is 0.296. The predicted molar refractivity (Wildman–Crippen MR) is 85.0 cm³/mol. The quantitative estimate of drug-likeness (QED) is 0.934. The van der Waals surface area contributed by atoms with E-state index in [2.05, 4.69) is 6.92 Å². The average molecular weight is 307 g/mol. The SMILES string of the molecule is CC1CCC(CN)C(S(=O)(=O)c2ccc3c(c2)CCC3)C1. The molecule has 0 heterocycles. The maximum atomic E-state index is 13.0. The van der Waals surface area contributed by atoms with E-state index >= 15 is 0 Å². The second-order valence-corrected chi connectivity index (χ2v) is 8.95. The van der Waals surface area contributed by atoms with E-state index in [0.29, 0.717) is 17.4 Å². The highest BCUT2D eigenvalue weighted by molar-refractivity contribution is 7.92. The van der Waals surface area contributed by atoms with Crippen molar-refractivity contribution < 1.29 is 8.42 Å². The lowest BCUT2D eigenvalue weighted by Crippen LogP contribution is -2.39. The molecule has 4 heteroatoms. The molecular formula is C17H25NO2S. The molecule has 3 atom stereocenters. The molecule has 0 aromatic heterocycles. The van der Waals surface area contributed by atoms with Crippen LogP contribution in [0.15, 0.2) is 23.1 Å². The van der Waals surface area contributed by atoms with E-state index in [4.69, 9.17) is 5.73 Å². The normalized spacial score (nSPS) is 29.3. The Balaban J connectivity index is 1.95. The summed E-state index contributed by atoms with van der Waals surface area (Å²) >= 11 is 0. The van der Waals surface area contributed by atoms with E-state index in [1.165, 1.54) is 11.1 Å². The van der Waals surface area contributed by atoms with E-state index in [1.807, 2.05) is 18.2 Å². The van der Waals surface area contributed by atoms with Gasteiger partial charge in [0.05, 0.1) is 10.1 Å². The van der Waals surface area contributed by atoms with Crippen molar-refractivity contribution in [3.05, 3.63) is 29.3 Å². The van der Waals surface area contributed by atoms with Crippen LogP contribution in [0.2, 0.25) is 0 Å². The summed E-state index contributed by atoms with van der Waals surface area (Å²) in [7, 11) is -3.26. The van der Waals surface area contributed by atoms with Gasteiger partial charge in [-0.1, -0.05) is 19.4 Å². The van der Waals surface area contributed by atoms with E-state index in [9.17, 15) is 8.42 Å². The van der Waals surface area contributed by atoms with Crippen molar-refractivity contribution in [3.8, 4) is 0 Å². The van der Waals surface area contributed by atoms with Crippen LogP contribution >= 0.6 is 0 Å². The first-order chi connectivity index (χ1) is 10.0. The number of sulfone groups is 1. The fourth-order valence-electron chi connectivity index (χ4n) is 3.94. The summed E-state index contributed by atoms with van der Waals surface area (Å²) in [4.78, 5) is 0.515. The van der Waals surface area contributed by atoms with Crippen LogP contribution in [0.25, 0.3) is 0 Å². The molecule has 0 spiro atoms. The largest absolute Gasteiger partial charge is 0.330 e. The third-order valence-electron chi connectivity index (χ3n) is 5.29. The topological polar surface area (TPSA) is 60.2 Å². The van der Waals surface area contributed by atoms with Gasteiger partial charge in [-0.25, -0.2) is 8.42 Å². The Kier molecular flexibility index (Phi) is 4.10. The first-order valence-electron chi connectivity index (χ1n) is 8.08. The Hall–Kier alpha value is -0.870. The Bertz CT molecular complexity index is 624. The van der Waals surface area contributed by atoms with Crippen molar-refractivity contribution in [1.29, 1.82) is 0 Å². The van der Waals surface area contributed by atoms with Gasteiger partial charge in [0.15, 0.2) is 9.84 Å². The molecule has 0 radical (unpaired) electrons. The molecule has 1 saturated carbocycles. The number of hydrogen-bond acceptors (Lipinski definition) is 3. The minimum Gasteiger partial charge on any atom is -0.330 e. The summed E-state index contributed by atoms with van der Waals surface area (Å²) in [5, 5.41) is -0.300. The van der Waals surface area contributed by atoms with Crippen LogP contribution in [0.4, 0.5) is 0 Å². The molecule has 0 saturated heterocycles. The predicted octanol–water partition coefficient (Wildman–Crippen LogP) is 2.71. The molecule has 0 aliphatic heterocycles. The minimum absolute atomic E-state index is 0.111. The van der Waals surface area contributed by atoms with Gasteiger partial charge in [-0.3, -0.25) is 0 Å². The number of nitrogens with two attached hydrogens (primary N) is 1. The van der Waals surface area contributed by atoms with Crippen molar-refractivity contribution >= 4 is 9.84 Å². The monoisotopic (exact) mass is 307 g/mol. The summed E-state index contributed by atoms with van der Waals surface area (Å²) in [6.45, 7) is 2.62. The third kappa shape index (κ3) is 2.76. The first-order valence-corrected chi connectivity index (χ1v) is 9.62. The molecule has 1 aromatic carbocycles. The number of rotatable bonds is 3. The van der Waals surface area contributed by atoms with Crippen LogP contribution in [0, 0.1) is 11.8 Å². The molecule has 0 amide bonds. The smallest absolute Gasteiger partial charge is 0.181 e. The highest BCUT2D eigenvalue weighted by atomic mass is 32.2. The summed E-state index contributed by atoms with van der Waals surface area (Å²) < 4.78 is 26.1. The van der Waals surface area contributed by atoms with Gasteiger partial charge in [-0.05, 0) is 73.7 Å². The molecule has 3 rings (SSSR count). The van der Waals surface area contributed by atoms with Crippen LogP contribution in [-0.4, -0.2) is 20.2 Å². The van der Waals surface area contributed by atoms with Crippen LogP contribution < -0.4 is 5.73 Å². The molecular weight excluding hydrogens is 282 g/mol. The van der Waals surface area contributed by atoms with E-state index in [-0.39, 0.29) is 11.2 Å². The maximum absolute atomic E-state index is 13.0. The molecule has 116 valence electrons. The number of aryl methyl sites for hydroxylation is 2. The van der Waals surface area contributed by atoms with Gasteiger partial charge in [-0.15, -0.1) is 0 Å². The van der Waals surface area contributed by atoms with Gasteiger partial charge in [0.1, 0.15) is 0 Å². The van der Waals surface area contributed by atoms with Crippen LogP contribution in [0.1, 0.15) is 43.7 Å². The average Bonchev–Trinajstić information content (AvgIpc) is 2.94. The fourth-order valence-corrected chi connectivity index (χ4v) is 6.19. The standard InChI is InChI=1S/C17H25NO2S/c1-12-5-6-15(11-18)17(9-12)21(19,20)16-8-7-13-3-2-4-14(13)10-16/h7-8,10,12,15,17H,2-6,9,11,18H2,1H3. The second kappa shape index (κ2) is 5.73. The maximum Gasteiger partial charge on any atom is 0.181 e. The molecule has 2 aliphatic carbocycles. The summed E-state index contributed by atoms with van der Waals surface area (Å²) in [6.07, 6.45) is 6.03. The van der Waals surface area contributed by atoms with E-state index in [1.54, 1.807) is 0 Å². The molecule has 1 aromatic rings. The summed E-state index contributed by atoms with van der Waals surface area (Å²) in [5.74, 6) is 0.585. The molecule has 2 aliphatic rings. The lowest BCUT2D eigenvalue weighted by Gasteiger charge is -2.33. The molecule has 0 bridgehead atoms. The van der Waals surface area contributed by atoms with E-state index < -0.39 is 9.84 Å². The minimum atomic E-state index is -3.26. The molecule has 1 fully saturated rings. The molecule has 21 heavy (non-hydrogen) atoms. The number of hydrogen-bond donors (Lipinski definition) is 1. The van der Waals surface area contributed by atoms with Crippen molar-refractivity contribution in [2.75, 3.05) is 6.54 Å². The van der Waals surface area contributed by atoms with Gasteiger partial charge < -0.3 is 5.73 Å². The molecule has 3 unspecified atom stereocenters. The molecule has 2 N–H and O–H groups in total. The van der Waals surface area contributed by atoms with E-state index in [0.717, 1.165) is 38.5 Å². The zero-order valence-corrected chi connectivity index (χ0v) is 13.5. The van der Waals surface area contributed by atoms with Gasteiger partial charge in [-0.2, -0.15) is 0 Å². The highest BCUT2D eigenvalue weighted by Crippen LogP contribution is 2.36.